The maximum absolute atomic E-state index is 11.7. The van der Waals surface area contributed by atoms with Crippen molar-refractivity contribution in [2.75, 3.05) is 13.2 Å². The van der Waals surface area contributed by atoms with E-state index in [1.807, 2.05) is 6.92 Å². The zero-order valence-corrected chi connectivity index (χ0v) is 11.4. The molecule has 0 aliphatic carbocycles. The number of hydrogen-bond donors (Lipinski definition) is 0. The zero-order valence-electron chi connectivity index (χ0n) is 11.4. The van der Waals surface area contributed by atoms with Crippen molar-refractivity contribution < 1.29 is 9.53 Å². The van der Waals surface area contributed by atoms with E-state index < -0.39 is 0 Å². The van der Waals surface area contributed by atoms with Gasteiger partial charge in [0.15, 0.2) is 0 Å². The fourth-order valence-electron chi connectivity index (χ4n) is 3.40. The van der Waals surface area contributed by atoms with Crippen molar-refractivity contribution in [3.8, 4) is 0 Å². The Morgan fingerprint density at radius 1 is 1.29 bits per heavy atom. The molecule has 2 bridgehead atoms. The van der Waals surface area contributed by atoms with Crippen LogP contribution in [0.4, 0.5) is 0 Å². The Morgan fingerprint density at radius 2 is 1.88 bits per heavy atom. The van der Waals surface area contributed by atoms with Gasteiger partial charge in [-0.3, -0.25) is 9.69 Å². The number of carbonyl (C=O) groups excluding carboxylic acids is 1. The molecule has 0 radical (unpaired) electrons. The standard InChI is InChI=1S/C14H25NO2/c1-4-17-14(2,3)10-15-11-6-5-7-12(15)9-13(16)8-11/h11-12H,4-10H2,1-3H3. The van der Waals surface area contributed by atoms with Crippen LogP contribution in [0.3, 0.4) is 0 Å². The first-order chi connectivity index (χ1) is 8.02. The summed E-state index contributed by atoms with van der Waals surface area (Å²) in [5.74, 6) is 0.463. The summed E-state index contributed by atoms with van der Waals surface area (Å²) in [6.07, 6.45) is 5.18. The van der Waals surface area contributed by atoms with Crippen LogP contribution in [0.1, 0.15) is 52.9 Å². The number of rotatable bonds is 4. The molecule has 0 N–H and O–H groups in total. The van der Waals surface area contributed by atoms with E-state index in [1.54, 1.807) is 0 Å². The monoisotopic (exact) mass is 239 g/mol. The molecule has 2 heterocycles. The van der Waals surface area contributed by atoms with E-state index >= 15 is 0 Å². The summed E-state index contributed by atoms with van der Waals surface area (Å²) in [6, 6.07) is 0.962. The number of piperidine rings is 2. The smallest absolute Gasteiger partial charge is 0.136 e. The Hall–Kier alpha value is -0.410. The van der Waals surface area contributed by atoms with Gasteiger partial charge in [0.1, 0.15) is 5.78 Å². The van der Waals surface area contributed by atoms with E-state index in [-0.39, 0.29) is 5.60 Å². The molecule has 17 heavy (non-hydrogen) atoms. The average Bonchev–Trinajstić information content (AvgIpc) is 2.18. The number of hydrogen-bond acceptors (Lipinski definition) is 3. The number of carbonyl (C=O) groups is 1. The third-order valence-corrected chi connectivity index (χ3v) is 4.04. The van der Waals surface area contributed by atoms with Crippen LogP contribution in [0, 0.1) is 0 Å². The molecule has 2 aliphatic heterocycles. The summed E-state index contributed by atoms with van der Waals surface area (Å²) in [5.41, 5.74) is -0.0943. The van der Waals surface area contributed by atoms with Crippen LogP contribution in [0.5, 0.6) is 0 Å². The minimum Gasteiger partial charge on any atom is -0.375 e. The molecule has 0 aromatic heterocycles. The van der Waals surface area contributed by atoms with Gasteiger partial charge in [-0.1, -0.05) is 6.42 Å². The second-order valence-corrected chi connectivity index (χ2v) is 6.05. The highest BCUT2D eigenvalue weighted by Crippen LogP contribution is 2.33. The van der Waals surface area contributed by atoms with Gasteiger partial charge in [-0.25, -0.2) is 0 Å². The van der Waals surface area contributed by atoms with Crippen molar-refractivity contribution in [1.82, 2.24) is 4.90 Å². The lowest BCUT2D eigenvalue weighted by molar-refractivity contribution is -0.131. The van der Waals surface area contributed by atoms with Crippen LogP contribution in [0.2, 0.25) is 0 Å². The lowest BCUT2D eigenvalue weighted by Gasteiger charge is -2.48. The van der Waals surface area contributed by atoms with Gasteiger partial charge in [0.25, 0.3) is 0 Å². The number of nitrogens with zero attached hydrogens (tertiary/aromatic N) is 1. The lowest BCUT2D eigenvalue weighted by atomic mass is 9.83. The molecule has 2 saturated heterocycles. The third-order valence-electron chi connectivity index (χ3n) is 4.04. The SMILES string of the molecule is CCOC(C)(C)CN1C2CCCC1CC(=O)C2. The lowest BCUT2D eigenvalue weighted by Crippen LogP contribution is -2.56. The quantitative estimate of drug-likeness (QED) is 0.754. The van der Waals surface area contributed by atoms with Gasteiger partial charge < -0.3 is 4.74 Å². The molecule has 2 rings (SSSR count). The number of fused-ring (bicyclic) bond motifs is 2. The van der Waals surface area contributed by atoms with E-state index in [2.05, 4.69) is 18.7 Å². The topological polar surface area (TPSA) is 29.5 Å². The molecule has 3 nitrogen and oxygen atoms in total. The Morgan fingerprint density at radius 3 is 2.41 bits per heavy atom. The Labute approximate surface area is 105 Å². The minimum absolute atomic E-state index is 0.0943. The summed E-state index contributed by atoms with van der Waals surface area (Å²) in [4.78, 5) is 14.2. The molecule has 0 amide bonds. The van der Waals surface area contributed by atoms with Crippen molar-refractivity contribution in [1.29, 1.82) is 0 Å². The molecule has 2 fully saturated rings. The third kappa shape index (κ3) is 3.08. The van der Waals surface area contributed by atoms with Crippen molar-refractivity contribution >= 4 is 5.78 Å². The van der Waals surface area contributed by atoms with Crippen LogP contribution in [0.25, 0.3) is 0 Å². The van der Waals surface area contributed by atoms with Crippen LogP contribution in [-0.4, -0.2) is 41.5 Å². The van der Waals surface area contributed by atoms with E-state index in [1.165, 1.54) is 19.3 Å². The molecule has 2 unspecified atom stereocenters. The van der Waals surface area contributed by atoms with Gasteiger partial charge in [-0.2, -0.15) is 0 Å². The second-order valence-electron chi connectivity index (χ2n) is 6.05. The Kier molecular flexibility index (Phi) is 3.88. The molecule has 0 spiro atoms. The van der Waals surface area contributed by atoms with E-state index in [0.717, 1.165) is 26.0 Å². The fraction of sp³-hybridized carbons (Fsp3) is 0.929. The summed E-state index contributed by atoms with van der Waals surface area (Å²) in [7, 11) is 0. The molecule has 2 aliphatic rings. The van der Waals surface area contributed by atoms with E-state index in [4.69, 9.17) is 4.74 Å². The van der Waals surface area contributed by atoms with Gasteiger partial charge in [-0.15, -0.1) is 0 Å². The highest BCUT2D eigenvalue weighted by Gasteiger charge is 2.39. The highest BCUT2D eigenvalue weighted by atomic mass is 16.5. The van der Waals surface area contributed by atoms with Gasteiger partial charge in [0, 0.05) is 38.1 Å². The Bertz CT molecular complexity index is 272. The van der Waals surface area contributed by atoms with Gasteiger partial charge in [-0.05, 0) is 33.6 Å². The molecular weight excluding hydrogens is 214 g/mol. The fourth-order valence-corrected chi connectivity index (χ4v) is 3.40. The van der Waals surface area contributed by atoms with E-state index in [9.17, 15) is 4.79 Å². The summed E-state index contributed by atoms with van der Waals surface area (Å²) >= 11 is 0. The molecule has 2 atom stereocenters. The maximum Gasteiger partial charge on any atom is 0.136 e. The predicted octanol–water partition coefficient (Wildman–Crippen LogP) is 2.39. The van der Waals surface area contributed by atoms with Crippen molar-refractivity contribution in [3.05, 3.63) is 0 Å². The first-order valence-corrected chi connectivity index (χ1v) is 6.93. The Balaban J connectivity index is 2.02. The minimum atomic E-state index is -0.0943. The molecule has 0 aromatic rings. The normalized spacial score (nSPS) is 30.6. The largest absolute Gasteiger partial charge is 0.375 e. The number of ether oxygens (including phenoxy) is 1. The van der Waals surface area contributed by atoms with Crippen LogP contribution >= 0.6 is 0 Å². The van der Waals surface area contributed by atoms with Crippen LogP contribution in [-0.2, 0) is 9.53 Å². The number of ketones is 1. The van der Waals surface area contributed by atoms with Gasteiger partial charge in [0.05, 0.1) is 5.60 Å². The zero-order chi connectivity index (χ0) is 12.5. The van der Waals surface area contributed by atoms with Crippen molar-refractivity contribution in [3.63, 3.8) is 0 Å². The molecule has 0 aromatic carbocycles. The van der Waals surface area contributed by atoms with Crippen molar-refractivity contribution in [2.45, 2.75) is 70.6 Å². The first-order valence-electron chi connectivity index (χ1n) is 6.93. The van der Waals surface area contributed by atoms with E-state index in [0.29, 0.717) is 17.9 Å². The summed E-state index contributed by atoms with van der Waals surface area (Å²) in [6.45, 7) is 8.08. The van der Waals surface area contributed by atoms with Crippen LogP contribution in [0.15, 0.2) is 0 Å². The van der Waals surface area contributed by atoms with Gasteiger partial charge >= 0.3 is 0 Å². The molecular formula is C14H25NO2. The molecule has 3 heteroatoms. The second kappa shape index (κ2) is 5.07. The van der Waals surface area contributed by atoms with Gasteiger partial charge in [0.2, 0.25) is 0 Å². The summed E-state index contributed by atoms with van der Waals surface area (Å²) < 4.78 is 5.80. The average molecular weight is 239 g/mol. The predicted molar refractivity (Wildman–Crippen MR) is 68.1 cm³/mol. The molecule has 98 valence electrons. The first kappa shape index (κ1) is 13.0. The molecule has 0 saturated carbocycles. The summed E-state index contributed by atoms with van der Waals surface area (Å²) in [5, 5.41) is 0. The maximum atomic E-state index is 11.7. The van der Waals surface area contributed by atoms with Crippen LogP contribution < -0.4 is 0 Å². The highest BCUT2D eigenvalue weighted by molar-refractivity contribution is 5.80. The number of Topliss-reactive ketones (excluding diaryl/α,β-unsaturated/α-hetero) is 1. The van der Waals surface area contributed by atoms with Crippen molar-refractivity contribution in [2.24, 2.45) is 0 Å².